The molecule has 94 valence electrons. The van der Waals surface area contributed by atoms with Crippen molar-refractivity contribution in [3.05, 3.63) is 0 Å². The lowest BCUT2D eigenvalue weighted by Gasteiger charge is -2.40. The minimum atomic E-state index is -0.489. The Morgan fingerprint density at radius 1 is 1.00 bits per heavy atom. The van der Waals surface area contributed by atoms with Gasteiger partial charge in [0.15, 0.2) is 0 Å². The van der Waals surface area contributed by atoms with Gasteiger partial charge in [0.2, 0.25) is 5.91 Å². The van der Waals surface area contributed by atoms with E-state index in [0.717, 1.165) is 25.9 Å². The molecule has 0 radical (unpaired) electrons. The quantitative estimate of drug-likeness (QED) is 0.784. The van der Waals surface area contributed by atoms with Crippen LogP contribution in [0.3, 0.4) is 0 Å². The maximum Gasteiger partial charge on any atom is 0.230 e. The Kier molecular flexibility index (Phi) is 4.00. The molecule has 1 heterocycles. The van der Waals surface area contributed by atoms with Gasteiger partial charge in [-0.15, -0.1) is 0 Å². The minimum Gasteiger partial charge on any atom is -0.342 e. The predicted octanol–water partition coefficient (Wildman–Crippen LogP) is 2.15. The maximum atomic E-state index is 12.5. The molecule has 0 saturated carbocycles. The summed E-state index contributed by atoms with van der Waals surface area (Å²) in [4.78, 5) is 14.5. The second-order valence-corrected chi connectivity index (χ2v) is 6.05. The number of carbonyl (C=O) groups is 1. The van der Waals surface area contributed by atoms with Crippen LogP contribution >= 0.6 is 0 Å². The molecule has 0 bridgehead atoms. The van der Waals surface area contributed by atoms with Gasteiger partial charge < -0.3 is 10.6 Å². The first-order chi connectivity index (χ1) is 7.27. The number of hydrogen-bond acceptors (Lipinski definition) is 2. The number of likely N-dealkylation sites (tertiary alicyclic amines) is 1. The van der Waals surface area contributed by atoms with Crippen molar-refractivity contribution in [3.8, 4) is 0 Å². The van der Waals surface area contributed by atoms with Crippen LogP contribution in [0.15, 0.2) is 0 Å². The van der Waals surface area contributed by atoms with Crippen molar-refractivity contribution in [1.29, 1.82) is 0 Å². The van der Waals surface area contributed by atoms with E-state index in [1.165, 1.54) is 12.8 Å². The molecule has 3 heteroatoms. The molecule has 0 spiro atoms. The molecule has 2 N–H and O–H groups in total. The number of rotatable bonds is 2. The first-order valence-electron chi connectivity index (χ1n) is 6.35. The van der Waals surface area contributed by atoms with Crippen molar-refractivity contribution in [1.82, 2.24) is 4.90 Å². The van der Waals surface area contributed by atoms with Crippen LogP contribution in [0.4, 0.5) is 0 Å². The van der Waals surface area contributed by atoms with E-state index in [9.17, 15) is 4.79 Å². The summed E-state index contributed by atoms with van der Waals surface area (Å²) >= 11 is 0. The Balaban J connectivity index is 2.75. The van der Waals surface area contributed by atoms with E-state index in [2.05, 4.69) is 0 Å². The van der Waals surface area contributed by atoms with E-state index in [0.29, 0.717) is 0 Å². The molecular formula is C13H26N2O. The summed E-state index contributed by atoms with van der Waals surface area (Å²) in [6.45, 7) is 9.59. The lowest BCUT2D eigenvalue weighted by atomic mass is 9.74. The molecule has 0 aromatic heterocycles. The lowest BCUT2D eigenvalue weighted by Crippen LogP contribution is -2.56. The Hall–Kier alpha value is -0.570. The van der Waals surface area contributed by atoms with E-state index in [1.807, 2.05) is 32.6 Å². The van der Waals surface area contributed by atoms with Crippen molar-refractivity contribution in [2.45, 2.75) is 58.9 Å². The second kappa shape index (κ2) is 4.74. The summed E-state index contributed by atoms with van der Waals surface area (Å²) in [6.07, 6.45) is 4.76. The van der Waals surface area contributed by atoms with E-state index in [-0.39, 0.29) is 5.91 Å². The summed E-state index contributed by atoms with van der Waals surface area (Å²) in [6, 6.07) is 0. The van der Waals surface area contributed by atoms with Crippen LogP contribution in [0.5, 0.6) is 0 Å². The first-order valence-corrected chi connectivity index (χ1v) is 6.35. The Morgan fingerprint density at radius 2 is 1.44 bits per heavy atom. The zero-order valence-corrected chi connectivity index (χ0v) is 11.2. The second-order valence-electron chi connectivity index (χ2n) is 6.05. The fourth-order valence-electron chi connectivity index (χ4n) is 1.94. The zero-order chi connectivity index (χ0) is 12.4. The number of nitrogens with zero attached hydrogens (tertiary/aromatic N) is 1. The normalized spacial score (nSPS) is 19.4. The molecule has 1 aliphatic rings. The fraction of sp³-hybridized carbons (Fsp3) is 0.923. The van der Waals surface area contributed by atoms with Gasteiger partial charge in [-0.1, -0.05) is 12.8 Å². The van der Waals surface area contributed by atoms with Crippen LogP contribution < -0.4 is 5.73 Å². The van der Waals surface area contributed by atoms with Crippen LogP contribution in [0.1, 0.15) is 53.4 Å². The topological polar surface area (TPSA) is 46.3 Å². The van der Waals surface area contributed by atoms with Gasteiger partial charge in [-0.3, -0.25) is 4.79 Å². The summed E-state index contributed by atoms with van der Waals surface area (Å²) in [7, 11) is 0. The molecule has 0 unspecified atom stereocenters. The average Bonchev–Trinajstić information content (AvgIpc) is 2.42. The Bertz CT molecular complexity index is 245. The van der Waals surface area contributed by atoms with E-state index in [4.69, 9.17) is 5.73 Å². The van der Waals surface area contributed by atoms with Crippen molar-refractivity contribution in [3.63, 3.8) is 0 Å². The average molecular weight is 226 g/mol. The summed E-state index contributed by atoms with van der Waals surface area (Å²) in [5, 5.41) is 0. The SMILES string of the molecule is CC(C)(N)C(C)(C)C(=O)N1CCCCCC1. The third-order valence-electron chi connectivity index (χ3n) is 4.04. The van der Waals surface area contributed by atoms with Gasteiger partial charge >= 0.3 is 0 Å². The molecule has 1 saturated heterocycles. The van der Waals surface area contributed by atoms with Crippen molar-refractivity contribution in [2.24, 2.45) is 11.1 Å². The number of nitrogens with two attached hydrogens (primary N) is 1. The summed E-state index contributed by atoms with van der Waals surface area (Å²) in [5.74, 6) is 0.210. The van der Waals surface area contributed by atoms with Gasteiger partial charge in [-0.25, -0.2) is 0 Å². The molecule has 16 heavy (non-hydrogen) atoms. The lowest BCUT2D eigenvalue weighted by molar-refractivity contribution is -0.143. The highest BCUT2D eigenvalue weighted by Crippen LogP contribution is 2.31. The van der Waals surface area contributed by atoms with Gasteiger partial charge in [0, 0.05) is 18.6 Å². The standard InChI is InChI=1S/C13H26N2O/c1-12(2,13(3,4)14)11(16)15-9-7-5-6-8-10-15/h5-10,14H2,1-4H3. The van der Waals surface area contributed by atoms with Crippen LogP contribution in [-0.4, -0.2) is 29.4 Å². The Morgan fingerprint density at radius 3 is 1.81 bits per heavy atom. The first kappa shape index (κ1) is 13.5. The van der Waals surface area contributed by atoms with Crippen molar-refractivity contribution >= 4 is 5.91 Å². The van der Waals surface area contributed by atoms with Crippen LogP contribution in [-0.2, 0) is 4.79 Å². The summed E-state index contributed by atoms with van der Waals surface area (Å²) < 4.78 is 0. The van der Waals surface area contributed by atoms with Gasteiger partial charge in [-0.05, 0) is 40.5 Å². The monoisotopic (exact) mass is 226 g/mol. The molecule has 3 nitrogen and oxygen atoms in total. The molecule has 0 aromatic carbocycles. The molecule has 1 aliphatic heterocycles. The Labute approximate surface area is 99.4 Å². The smallest absolute Gasteiger partial charge is 0.230 e. The van der Waals surface area contributed by atoms with Gasteiger partial charge in [0.05, 0.1) is 5.41 Å². The third kappa shape index (κ3) is 2.76. The van der Waals surface area contributed by atoms with Crippen molar-refractivity contribution < 1.29 is 4.79 Å². The van der Waals surface area contributed by atoms with Crippen LogP contribution in [0, 0.1) is 5.41 Å². The van der Waals surface area contributed by atoms with Crippen LogP contribution in [0.2, 0.25) is 0 Å². The molecule has 1 amide bonds. The molecule has 1 fully saturated rings. The third-order valence-corrected chi connectivity index (χ3v) is 4.04. The number of hydrogen-bond donors (Lipinski definition) is 1. The fourth-order valence-corrected chi connectivity index (χ4v) is 1.94. The van der Waals surface area contributed by atoms with Gasteiger partial charge in [0.1, 0.15) is 0 Å². The van der Waals surface area contributed by atoms with Crippen molar-refractivity contribution in [2.75, 3.05) is 13.1 Å². The predicted molar refractivity (Wildman–Crippen MR) is 67.1 cm³/mol. The number of carbonyl (C=O) groups excluding carboxylic acids is 1. The van der Waals surface area contributed by atoms with Gasteiger partial charge in [0.25, 0.3) is 0 Å². The zero-order valence-electron chi connectivity index (χ0n) is 11.2. The highest BCUT2D eigenvalue weighted by molar-refractivity contribution is 5.83. The van der Waals surface area contributed by atoms with E-state index >= 15 is 0 Å². The molecule has 1 rings (SSSR count). The van der Waals surface area contributed by atoms with E-state index < -0.39 is 11.0 Å². The molecule has 0 aromatic rings. The highest BCUT2D eigenvalue weighted by atomic mass is 16.2. The molecular weight excluding hydrogens is 200 g/mol. The number of amides is 1. The largest absolute Gasteiger partial charge is 0.342 e. The molecule has 0 aliphatic carbocycles. The van der Waals surface area contributed by atoms with Crippen LogP contribution in [0.25, 0.3) is 0 Å². The minimum absolute atomic E-state index is 0.210. The maximum absolute atomic E-state index is 12.5. The van der Waals surface area contributed by atoms with Gasteiger partial charge in [-0.2, -0.15) is 0 Å². The highest BCUT2D eigenvalue weighted by Gasteiger charge is 2.42. The summed E-state index contributed by atoms with van der Waals surface area (Å²) in [5.41, 5.74) is 5.15. The molecule has 0 atom stereocenters. The van der Waals surface area contributed by atoms with E-state index in [1.54, 1.807) is 0 Å².